The van der Waals surface area contributed by atoms with E-state index < -0.39 is 10.0 Å². The first-order valence-corrected chi connectivity index (χ1v) is 7.22. The molecule has 1 aromatic carbocycles. The lowest BCUT2D eigenvalue weighted by molar-refractivity contribution is 0.0736. The van der Waals surface area contributed by atoms with Crippen LogP contribution in [-0.2, 0) is 19.5 Å². The summed E-state index contributed by atoms with van der Waals surface area (Å²) in [6, 6.07) is 6.39. The van der Waals surface area contributed by atoms with Crippen LogP contribution < -0.4 is 16.0 Å². The first-order valence-electron chi connectivity index (χ1n) is 5.74. The molecule has 0 aliphatic rings. The predicted molar refractivity (Wildman–Crippen MR) is 72.1 cm³/mol. The molecule has 0 aliphatic carbocycles. The van der Waals surface area contributed by atoms with E-state index in [1.54, 1.807) is 25.3 Å². The molecule has 0 unspecified atom stereocenters. The molecule has 8 heteroatoms. The van der Waals surface area contributed by atoms with Crippen molar-refractivity contribution in [1.82, 2.24) is 4.72 Å². The SMILES string of the molecule is COCCOCCNS(=O)(=O)c1ccccc1NN. The highest BCUT2D eigenvalue weighted by atomic mass is 32.2. The Kier molecular flexibility index (Phi) is 6.74. The van der Waals surface area contributed by atoms with Crippen molar-refractivity contribution in [2.75, 3.05) is 38.9 Å². The lowest BCUT2D eigenvalue weighted by atomic mass is 10.3. The van der Waals surface area contributed by atoms with Crippen LogP contribution in [0.1, 0.15) is 0 Å². The zero-order chi connectivity index (χ0) is 14.1. The monoisotopic (exact) mass is 289 g/mol. The maximum atomic E-state index is 12.0. The summed E-state index contributed by atoms with van der Waals surface area (Å²) in [6.45, 7) is 1.37. The van der Waals surface area contributed by atoms with E-state index in [-0.39, 0.29) is 18.0 Å². The minimum atomic E-state index is -3.60. The van der Waals surface area contributed by atoms with Gasteiger partial charge in [0.25, 0.3) is 0 Å². The van der Waals surface area contributed by atoms with Crippen molar-refractivity contribution in [2.45, 2.75) is 4.90 Å². The summed E-state index contributed by atoms with van der Waals surface area (Å²) in [5, 5.41) is 0. The van der Waals surface area contributed by atoms with E-state index in [1.165, 1.54) is 6.07 Å². The number of methoxy groups -OCH3 is 1. The Morgan fingerprint density at radius 3 is 2.63 bits per heavy atom. The van der Waals surface area contributed by atoms with Gasteiger partial charge in [-0.3, -0.25) is 5.84 Å². The molecule has 0 fully saturated rings. The van der Waals surface area contributed by atoms with Crippen LogP contribution >= 0.6 is 0 Å². The quantitative estimate of drug-likeness (QED) is 0.334. The highest BCUT2D eigenvalue weighted by Crippen LogP contribution is 2.18. The van der Waals surface area contributed by atoms with Crippen molar-refractivity contribution in [3.63, 3.8) is 0 Å². The highest BCUT2D eigenvalue weighted by molar-refractivity contribution is 7.89. The Bertz CT molecular complexity index is 479. The van der Waals surface area contributed by atoms with Gasteiger partial charge in [0.2, 0.25) is 10.0 Å². The molecule has 0 saturated heterocycles. The van der Waals surface area contributed by atoms with Gasteiger partial charge in [0.1, 0.15) is 4.90 Å². The Labute approximate surface area is 113 Å². The average molecular weight is 289 g/mol. The molecular formula is C11H19N3O4S. The number of benzene rings is 1. The molecule has 108 valence electrons. The smallest absolute Gasteiger partial charge is 0.242 e. The maximum Gasteiger partial charge on any atom is 0.242 e. The maximum absolute atomic E-state index is 12.0. The van der Waals surface area contributed by atoms with Crippen molar-refractivity contribution >= 4 is 15.7 Å². The van der Waals surface area contributed by atoms with E-state index in [0.29, 0.717) is 18.9 Å². The zero-order valence-corrected chi connectivity index (χ0v) is 11.6. The van der Waals surface area contributed by atoms with Gasteiger partial charge in [-0.15, -0.1) is 0 Å². The lowest BCUT2D eigenvalue weighted by Gasteiger charge is -2.11. The first kappa shape index (κ1) is 15.9. The molecule has 4 N–H and O–H groups in total. The van der Waals surface area contributed by atoms with Crippen LogP contribution in [0.4, 0.5) is 5.69 Å². The average Bonchev–Trinajstić information content (AvgIpc) is 2.42. The predicted octanol–water partition coefficient (Wildman–Crippen LogP) is -0.0865. The number of ether oxygens (including phenoxy) is 2. The number of rotatable bonds is 9. The van der Waals surface area contributed by atoms with E-state index in [4.69, 9.17) is 15.3 Å². The van der Waals surface area contributed by atoms with Crippen molar-refractivity contribution in [3.05, 3.63) is 24.3 Å². The van der Waals surface area contributed by atoms with Crippen LogP contribution in [0, 0.1) is 0 Å². The molecule has 0 aliphatic heterocycles. The number of nitrogens with one attached hydrogen (secondary N) is 2. The Morgan fingerprint density at radius 1 is 1.21 bits per heavy atom. The number of hydrogen-bond acceptors (Lipinski definition) is 6. The summed E-state index contributed by atoms with van der Waals surface area (Å²) in [5.41, 5.74) is 2.70. The lowest BCUT2D eigenvalue weighted by Crippen LogP contribution is -2.29. The van der Waals surface area contributed by atoms with Gasteiger partial charge in [-0.1, -0.05) is 12.1 Å². The molecule has 0 bridgehead atoms. The van der Waals surface area contributed by atoms with Gasteiger partial charge in [0.15, 0.2) is 0 Å². The molecule has 0 saturated carbocycles. The summed E-state index contributed by atoms with van der Waals surface area (Å²) in [5.74, 6) is 5.28. The number of para-hydroxylation sites is 1. The largest absolute Gasteiger partial charge is 0.382 e. The third-order valence-electron chi connectivity index (χ3n) is 2.30. The normalized spacial score (nSPS) is 11.5. The van der Waals surface area contributed by atoms with Crippen LogP contribution in [0.2, 0.25) is 0 Å². The Morgan fingerprint density at radius 2 is 1.95 bits per heavy atom. The molecule has 1 rings (SSSR count). The highest BCUT2D eigenvalue weighted by Gasteiger charge is 2.16. The first-order chi connectivity index (χ1) is 9.11. The third kappa shape index (κ3) is 5.13. The molecule has 0 amide bonds. The van der Waals surface area contributed by atoms with Crippen LogP contribution in [0.15, 0.2) is 29.2 Å². The van der Waals surface area contributed by atoms with Crippen molar-refractivity contribution in [3.8, 4) is 0 Å². The molecule has 1 aromatic rings. The van der Waals surface area contributed by atoms with Gasteiger partial charge in [-0.05, 0) is 12.1 Å². The van der Waals surface area contributed by atoms with E-state index in [0.717, 1.165) is 0 Å². The van der Waals surface area contributed by atoms with Gasteiger partial charge < -0.3 is 14.9 Å². The van der Waals surface area contributed by atoms with Gasteiger partial charge in [-0.25, -0.2) is 13.1 Å². The number of hydrazine groups is 1. The molecule has 7 nitrogen and oxygen atoms in total. The van der Waals surface area contributed by atoms with Crippen LogP contribution in [0.25, 0.3) is 0 Å². The Balaban J connectivity index is 2.52. The van der Waals surface area contributed by atoms with Gasteiger partial charge >= 0.3 is 0 Å². The van der Waals surface area contributed by atoms with Crippen LogP contribution in [0.5, 0.6) is 0 Å². The summed E-state index contributed by atoms with van der Waals surface area (Å²) in [6.07, 6.45) is 0. The summed E-state index contributed by atoms with van der Waals surface area (Å²) < 4.78 is 36.4. The molecule has 0 aromatic heterocycles. The number of nitrogen functional groups attached to an aromatic ring is 1. The van der Waals surface area contributed by atoms with Gasteiger partial charge in [-0.2, -0.15) is 0 Å². The summed E-state index contributed by atoms with van der Waals surface area (Å²) in [4.78, 5) is 0.106. The van der Waals surface area contributed by atoms with E-state index in [2.05, 4.69) is 10.1 Å². The molecule has 0 spiro atoms. The topological polar surface area (TPSA) is 103 Å². The van der Waals surface area contributed by atoms with E-state index in [1.807, 2.05) is 0 Å². The standard InChI is InChI=1S/C11H19N3O4S/c1-17-8-9-18-7-6-13-19(15,16)11-5-3-2-4-10(11)14-12/h2-5,13-14H,6-9,12H2,1H3. The summed E-state index contributed by atoms with van der Waals surface area (Å²) in [7, 11) is -2.03. The van der Waals surface area contributed by atoms with Gasteiger partial charge in [0, 0.05) is 13.7 Å². The fourth-order valence-electron chi connectivity index (χ4n) is 1.39. The van der Waals surface area contributed by atoms with E-state index >= 15 is 0 Å². The van der Waals surface area contributed by atoms with Gasteiger partial charge in [0.05, 0.1) is 25.5 Å². The second-order valence-corrected chi connectivity index (χ2v) is 5.38. The van der Waals surface area contributed by atoms with Crippen molar-refractivity contribution in [2.24, 2.45) is 5.84 Å². The number of hydrogen-bond donors (Lipinski definition) is 3. The zero-order valence-electron chi connectivity index (χ0n) is 10.8. The van der Waals surface area contributed by atoms with E-state index in [9.17, 15) is 8.42 Å². The minimum Gasteiger partial charge on any atom is -0.382 e. The Hall–Kier alpha value is -1.19. The number of sulfonamides is 1. The summed E-state index contributed by atoms with van der Waals surface area (Å²) >= 11 is 0. The second-order valence-electron chi connectivity index (χ2n) is 3.64. The third-order valence-corrected chi connectivity index (χ3v) is 3.82. The van der Waals surface area contributed by atoms with Crippen molar-refractivity contribution < 1.29 is 17.9 Å². The fourth-order valence-corrected chi connectivity index (χ4v) is 2.57. The molecule has 0 atom stereocenters. The minimum absolute atomic E-state index is 0.106. The van der Waals surface area contributed by atoms with Crippen LogP contribution in [0.3, 0.4) is 0 Å². The number of anilines is 1. The molecule has 0 radical (unpaired) electrons. The molecule has 19 heavy (non-hydrogen) atoms. The second kappa shape index (κ2) is 8.08. The van der Waals surface area contributed by atoms with Crippen molar-refractivity contribution in [1.29, 1.82) is 0 Å². The fraction of sp³-hybridized carbons (Fsp3) is 0.455. The number of nitrogens with two attached hydrogens (primary N) is 1. The van der Waals surface area contributed by atoms with Crippen LogP contribution in [-0.4, -0.2) is 41.9 Å². The molecular weight excluding hydrogens is 270 g/mol. The molecule has 0 heterocycles.